The van der Waals surface area contributed by atoms with Crippen LogP contribution in [-0.4, -0.2) is 30.2 Å². The van der Waals surface area contributed by atoms with Crippen LogP contribution in [0.5, 0.6) is 11.5 Å². The zero-order valence-corrected chi connectivity index (χ0v) is 13.4. The van der Waals surface area contributed by atoms with Gasteiger partial charge in [-0.25, -0.2) is 0 Å². The maximum absolute atomic E-state index is 11.9. The number of nitrogens with one attached hydrogen (secondary N) is 3. The fourth-order valence-electron chi connectivity index (χ4n) is 1.72. The molecule has 8 heteroatoms. The van der Waals surface area contributed by atoms with Crippen LogP contribution in [0.15, 0.2) is 42.7 Å². The highest BCUT2D eigenvalue weighted by atomic mass is 32.1. The van der Waals surface area contributed by atoms with E-state index >= 15 is 0 Å². The molecule has 1 amide bonds. The van der Waals surface area contributed by atoms with Crippen LogP contribution in [0.3, 0.4) is 0 Å². The summed E-state index contributed by atoms with van der Waals surface area (Å²) >= 11 is 5.13. The number of ether oxygens (including phenoxy) is 2. The van der Waals surface area contributed by atoms with E-state index in [2.05, 4.69) is 21.2 Å². The number of benzene rings is 1. The van der Waals surface area contributed by atoms with Gasteiger partial charge in [0.1, 0.15) is 11.5 Å². The number of carbonyl (C=O) groups is 1. The highest BCUT2D eigenvalue weighted by Crippen LogP contribution is 2.25. The minimum absolute atomic E-state index is 0.220. The third-order valence-electron chi connectivity index (χ3n) is 2.82. The maximum atomic E-state index is 11.9. The number of rotatable bonds is 4. The van der Waals surface area contributed by atoms with Gasteiger partial charge in [-0.3, -0.25) is 20.6 Å². The number of anilines is 1. The van der Waals surface area contributed by atoms with E-state index < -0.39 is 0 Å². The second-order valence-electron chi connectivity index (χ2n) is 4.38. The highest BCUT2D eigenvalue weighted by molar-refractivity contribution is 7.80. The molecule has 0 radical (unpaired) electrons. The van der Waals surface area contributed by atoms with Crippen LogP contribution in [0.1, 0.15) is 10.4 Å². The van der Waals surface area contributed by atoms with Gasteiger partial charge in [-0.15, -0.1) is 0 Å². The minimum Gasteiger partial charge on any atom is -0.497 e. The Bertz CT molecular complexity index is 672. The zero-order valence-electron chi connectivity index (χ0n) is 12.6. The summed E-state index contributed by atoms with van der Waals surface area (Å²) in [6.45, 7) is 0. The van der Waals surface area contributed by atoms with Crippen LogP contribution in [0.4, 0.5) is 5.69 Å². The van der Waals surface area contributed by atoms with E-state index in [-0.39, 0.29) is 11.0 Å². The molecule has 1 aromatic carbocycles. The van der Waals surface area contributed by atoms with Crippen LogP contribution < -0.4 is 25.6 Å². The minimum atomic E-state index is -0.342. The lowest BCUT2D eigenvalue weighted by molar-refractivity contribution is 0.0944. The van der Waals surface area contributed by atoms with E-state index in [1.54, 1.807) is 50.7 Å². The topological polar surface area (TPSA) is 84.5 Å². The lowest BCUT2D eigenvalue weighted by atomic mass is 10.3. The number of hydrogen-bond donors (Lipinski definition) is 3. The van der Waals surface area contributed by atoms with Crippen molar-refractivity contribution in [3.05, 3.63) is 48.3 Å². The predicted octanol–water partition coefficient (Wildman–Crippen LogP) is 1.73. The molecule has 0 aliphatic carbocycles. The quantitative estimate of drug-likeness (QED) is 0.581. The van der Waals surface area contributed by atoms with Crippen molar-refractivity contribution < 1.29 is 14.3 Å². The van der Waals surface area contributed by atoms with Gasteiger partial charge >= 0.3 is 0 Å². The Morgan fingerprint density at radius 1 is 1.13 bits per heavy atom. The average Bonchev–Trinajstić information content (AvgIpc) is 2.60. The molecule has 0 unspecified atom stereocenters. The second kappa shape index (κ2) is 7.95. The predicted molar refractivity (Wildman–Crippen MR) is 90.6 cm³/mol. The van der Waals surface area contributed by atoms with E-state index in [4.69, 9.17) is 21.7 Å². The van der Waals surface area contributed by atoms with Crippen molar-refractivity contribution in [1.82, 2.24) is 15.8 Å². The Kier molecular flexibility index (Phi) is 5.70. The molecule has 0 saturated carbocycles. The van der Waals surface area contributed by atoms with Gasteiger partial charge in [0.2, 0.25) is 0 Å². The summed E-state index contributed by atoms with van der Waals surface area (Å²) in [5.74, 6) is 0.897. The number of amides is 1. The first kappa shape index (κ1) is 16.5. The van der Waals surface area contributed by atoms with Crippen molar-refractivity contribution in [3.8, 4) is 11.5 Å². The van der Waals surface area contributed by atoms with Gasteiger partial charge in [0.25, 0.3) is 5.91 Å². The Morgan fingerprint density at radius 2 is 1.83 bits per heavy atom. The van der Waals surface area contributed by atoms with Gasteiger partial charge in [-0.05, 0) is 24.4 Å². The van der Waals surface area contributed by atoms with E-state index in [1.807, 2.05) is 0 Å². The second-order valence-corrected chi connectivity index (χ2v) is 4.78. The molecule has 3 N–H and O–H groups in total. The van der Waals surface area contributed by atoms with Crippen molar-refractivity contribution in [2.24, 2.45) is 0 Å². The molecule has 7 nitrogen and oxygen atoms in total. The molecule has 0 bridgehead atoms. The molecule has 0 aliphatic heterocycles. The molecule has 0 fully saturated rings. The van der Waals surface area contributed by atoms with Gasteiger partial charge in [0, 0.05) is 36.3 Å². The molecule has 23 heavy (non-hydrogen) atoms. The largest absolute Gasteiger partial charge is 0.497 e. The SMILES string of the molecule is COc1cc(NC(=S)NNC(=O)c2cccnc2)cc(OC)c1. The van der Waals surface area contributed by atoms with Crippen molar-refractivity contribution >= 4 is 28.9 Å². The number of carbonyl (C=O) groups excluding carboxylic acids is 1. The molecule has 0 aliphatic rings. The third-order valence-corrected chi connectivity index (χ3v) is 3.03. The van der Waals surface area contributed by atoms with Crippen molar-refractivity contribution in [2.75, 3.05) is 19.5 Å². The first-order valence-corrected chi connectivity index (χ1v) is 7.03. The molecular weight excluding hydrogens is 316 g/mol. The maximum Gasteiger partial charge on any atom is 0.271 e. The molecule has 1 heterocycles. The number of nitrogens with zero attached hydrogens (tertiary/aromatic N) is 1. The summed E-state index contributed by atoms with van der Waals surface area (Å²) in [6.07, 6.45) is 3.05. The number of methoxy groups -OCH3 is 2. The van der Waals surface area contributed by atoms with Crippen LogP contribution in [0, 0.1) is 0 Å². The van der Waals surface area contributed by atoms with Gasteiger partial charge < -0.3 is 14.8 Å². The molecule has 2 aromatic rings. The van der Waals surface area contributed by atoms with Crippen LogP contribution in [-0.2, 0) is 0 Å². The Hall–Kier alpha value is -2.87. The molecule has 0 saturated heterocycles. The Balaban J connectivity index is 1.93. The lowest BCUT2D eigenvalue weighted by Crippen LogP contribution is -2.43. The van der Waals surface area contributed by atoms with Crippen LogP contribution in [0.2, 0.25) is 0 Å². The summed E-state index contributed by atoms with van der Waals surface area (Å²) in [7, 11) is 3.12. The van der Waals surface area contributed by atoms with Gasteiger partial charge in [-0.1, -0.05) is 0 Å². The Morgan fingerprint density at radius 3 is 2.39 bits per heavy atom. The fraction of sp³-hybridized carbons (Fsp3) is 0.133. The normalized spacial score (nSPS) is 9.65. The van der Waals surface area contributed by atoms with Crippen LogP contribution in [0.25, 0.3) is 0 Å². The van der Waals surface area contributed by atoms with Crippen molar-refractivity contribution in [2.45, 2.75) is 0 Å². The number of aromatic nitrogens is 1. The summed E-state index contributed by atoms with van der Waals surface area (Å²) in [5, 5.41) is 3.15. The molecular formula is C15H16N4O3S. The summed E-state index contributed by atoms with van der Waals surface area (Å²) in [5.41, 5.74) is 6.18. The van der Waals surface area contributed by atoms with Crippen molar-refractivity contribution in [1.29, 1.82) is 0 Å². The smallest absolute Gasteiger partial charge is 0.271 e. The van der Waals surface area contributed by atoms with Gasteiger partial charge in [0.05, 0.1) is 19.8 Å². The summed E-state index contributed by atoms with van der Waals surface area (Å²) in [4.78, 5) is 15.7. The van der Waals surface area contributed by atoms with Gasteiger partial charge in [-0.2, -0.15) is 0 Å². The number of hydrogen-bond acceptors (Lipinski definition) is 5. The van der Waals surface area contributed by atoms with E-state index in [1.165, 1.54) is 6.20 Å². The number of hydrazine groups is 1. The third kappa shape index (κ3) is 4.82. The zero-order chi connectivity index (χ0) is 16.7. The summed E-state index contributed by atoms with van der Waals surface area (Å²) in [6, 6.07) is 8.56. The molecule has 0 atom stereocenters. The Labute approximate surface area is 139 Å². The average molecular weight is 332 g/mol. The van der Waals surface area contributed by atoms with E-state index in [0.717, 1.165) is 0 Å². The fourth-order valence-corrected chi connectivity index (χ4v) is 1.89. The summed E-state index contributed by atoms with van der Waals surface area (Å²) < 4.78 is 10.3. The molecule has 120 valence electrons. The standard InChI is InChI=1S/C15H16N4O3S/c1-21-12-6-11(7-13(8-12)22-2)17-15(23)19-18-14(20)10-4-3-5-16-9-10/h3-9H,1-2H3,(H,18,20)(H2,17,19,23). The first-order valence-electron chi connectivity index (χ1n) is 6.63. The monoisotopic (exact) mass is 332 g/mol. The molecule has 2 rings (SSSR count). The van der Waals surface area contributed by atoms with E-state index in [0.29, 0.717) is 22.7 Å². The number of thiocarbonyl (C=S) groups is 1. The van der Waals surface area contributed by atoms with Crippen molar-refractivity contribution in [3.63, 3.8) is 0 Å². The molecule has 0 spiro atoms. The highest BCUT2D eigenvalue weighted by Gasteiger charge is 2.07. The van der Waals surface area contributed by atoms with E-state index in [9.17, 15) is 4.79 Å². The van der Waals surface area contributed by atoms with Gasteiger partial charge in [0.15, 0.2) is 5.11 Å². The first-order chi connectivity index (χ1) is 11.1. The number of pyridine rings is 1. The lowest BCUT2D eigenvalue weighted by Gasteiger charge is -2.13. The van der Waals surface area contributed by atoms with Crippen LogP contribution >= 0.6 is 12.2 Å². The molecule has 1 aromatic heterocycles.